The molecule has 0 amide bonds. The molecular weight excluding hydrogens is 320 g/mol. The summed E-state index contributed by atoms with van der Waals surface area (Å²) < 4.78 is 7.77. The predicted octanol–water partition coefficient (Wildman–Crippen LogP) is 3.66. The van der Waals surface area contributed by atoms with E-state index in [4.69, 9.17) is 4.74 Å². The fraction of sp³-hybridized carbons (Fsp3) is 0.333. The minimum Gasteiger partial charge on any atom is -0.497 e. The van der Waals surface area contributed by atoms with E-state index in [1.807, 2.05) is 29.1 Å². The van der Waals surface area contributed by atoms with E-state index in [9.17, 15) is 4.79 Å². The van der Waals surface area contributed by atoms with E-state index in [2.05, 4.69) is 34.9 Å². The molecule has 0 aliphatic rings. The van der Waals surface area contributed by atoms with Crippen LogP contribution in [0.3, 0.4) is 0 Å². The lowest BCUT2D eigenvalue weighted by molar-refractivity contribution is 0.0990. The SMILES string of the molecule is COc1ccc(Br)c(C(=O)Cc2ccn(C(C)C)n2)c1. The lowest BCUT2D eigenvalue weighted by Gasteiger charge is -2.06. The van der Waals surface area contributed by atoms with Crippen molar-refractivity contribution in [3.8, 4) is 5.75 Å². The summed E-state index contributed by atoms with van der Waals surface area (Å²) in [7, 11) is 1.59. The second-order valence-corrected chi connectivity index (χ2v) is 5.68. The third kappa shape index (κ3) is 3.28. The molecule has 5 heteroatoms. The number of hydrogen-bond donors (Lipinski definition) is 0. The quantitative estimate of drug-likeness (QED) is 0.782. The van der Waals surface area contributed by atoms with Crippen LogP contribution >= 0.6 is 15.9 Å². The molecule has 0 saturated carbocycles. The molecule has 0 N–H and O–H groups in total. The van der Waals surface area contributed by atoms with Gasteiger partial charge in [0, 0.05) is 22.3 Å². The largest absolute Gasteiger partial charge is 0.497 e. The lowest BCUT2D eigenvalue weighted by Crippen LogP contribution is -2.07. The van der Waals surface area contributed by atoms with E-state index in [-0.39, 0.29) is 12.2 Å². The Kier molecular flexibility index (Phi) is 4.60. The number of Topliss-reactive ketones (excluding diaryl/α,β-unsaturated/α-hetero) is 1. The summed E-state index contributed by atoms with van der Waals surface area (Å²) in [4.78, 5) is 12.3. The molecule has 2 aromatic rings. The van der Waals surface area contributed by atoms with Crippen LogP contribution in [0.25, 0.3) is 0 Å². The Labute approximate surface area is 126 Å². The van der Waals surface area contributed by atoms with Crippen molar-refractivity contribution in [3.05, 3.63) is 46.2 Å². The van der Waals surface area contributed by atoms with Crippen molar-refractivity contribution >= 4 is 21.7 Å². The number of ketones is 1. The van der Waals surface area contributed by atoms with Crippen molar-refractivity contribution in [3.63, 3.8) is 0 Å². The summed E-state index contributed by atoms with van der Waals surface area (Å²) >= 11 is 3.40. The second-order valence-electron chi connectivity index (χ2n) is 4.83. The zero-order valence-corrected chi connectivity index (χ0v) is 13.3. The van der Waals surface area contributed by atoms with E-state index >= 15 is 0 Å². The topological polar surface area (TPSA) is 44.1 Å². The number of ether oxygens (including phenoxy) is 1. The number of carbonyl (C=O) groups is 1. The van der Waals surface area contributed by atoms with Gasteiger partial charge in [0.15, 0.2) is 5.78 Å². The van der Waals surface area contributed by atoms with Crippen LogP contribution in [0.5, 0.6) is 5.75 Å². The molecule has 1 aromatic heterocycles. The van der Waals surface area contributed by atoms with Crippen LogP contribution in [0.4, 0.5) is 0 Å². The maximum atomic E-state index is 12.3. The van der Waals surface area contributed by atoms with Crippen molar-refractivity contribution in [1.82, 2.24) is 9.78 Å². The molecule has 0 aliphatic heterocycles. The summed E-state index contributed by atoms with van der Waals surface area (Å²) in [5, 5.41) is 4.40. The van der Waals surface area contributed by atoms with Gasteiger partial charge in [0.05, 0.1) is 19.2 Å². The molecule has 0 fully saturated rings. The van der Waals surface area contributed by atoms with Crippen LogP contribution in [0.2, 0.25) is 0 Å². The lowest BCUT2D eigenvalue weighted by atomic mass is 10.1. The molecule has 0 bridgehead atoms. The first-order valence-corrected chi connectivity index (χ1v) is 7.21. The molecule has 0 atom stereocenters. The molecule has 1 aromatic carbocycles. The molecular formula is C15H17BrN2O2. The number of hydrogen-bond acceptors (Lipinski definition) is 3. The van der Waals surface area contributed by atoms with Crippen LogP contribution in [-0.4, -0.2) is 22.7 Å². The number of rotatable bonds is 5. The zero-order chi connectivity index (χ0) is 14.7. The summed E-state index contributed by atoms with van der Waals surface area (Å²) in [6.45, 7) is 4.11. The molecule has 20 heavy (non-hydrogen) atoms. The highest BCUT2D eigenvalue weighted by Gasteiger charge is 2.14. The van der Waals surface area contributed by atoms with Crippen LogP contribution in [0.15, 0.2) is 34.9 Å². The van der Waals surface area contributed by atoms with Crippen LogP contribution in [0.1, 0.15) is 35.9 Å². The van der Waals surface area contributed by atoms with Gasteiger partial charge >= 0.3 is 0 Å². The van der Waals surface area contributed by atoms with Crippen molar-refractivity contribution in [2.24, 2.45) is 0 Å². The summed E-state index contributed by atoms with van der Waals surface area (Å²) in [5.74, 6) is 0.689. The predicted molar refractivity (Wildman–Crippen MR) is 81.3 cm³/mol. The highest BCUT2D eigenvalue weighted by Crippen LogP contribution is 2.23. The maximum Gasteiger partial charge on any atom is 0.170 e. The van der Waals surface area contributed by atoms with E-state index in [0.29, 0.717) is 17.4 Å². The summed E-state index contributed by atoms with van der Waals surface area (Å²) in [5.41, 5.74) is 1.39. The van der Waals surface area contributed by atoms with Gasteiger partial charge in [-0.1, -0.05) is 15.9 Å². The van der Waals surface area contributed by atoms with Gasteiger partial charge in [-0.2, -0.15) is 5.10 Å². The fourth-order valence-electron chi connectivity index (χ4n) is 1.86. The van der Waals surface area contributed by atoms with Gasteiger partial charge in [-0.15, -0.1) is 0 Å². The number of carbonyl (C=O) groups excluding carboxylic acids is 1. The molecule has 0 saturated heterocycles. The molecule has 0 unspecified atom stereocenters. The highest BCUT2D eigenvalue weighted by atomic mass is 79.9. The van der Waals surface area contributed by atoms with Crippen molar-refractivity contribution in [2.75, 3.05) is 7.11 Å². The average molecular weight is 337 g/mol. The molecule has 2 rings (SSSR count). The first kappa shape index (κ1) is 14.8. The molecule has 0 spiro atoms. The van der Waals surface area contributed by atoms with E-state index in [1.54, 1.807) is 13.2 Å². The smallest absolute Gasteiger partial charge is 0.170 e. The van der Waals surface area contributed by atoms with Crippen molar-refractivity contribution in [2.45, 2.75) is 26.3 Å². The standard InChI is InChI=1S/C15H17BrN2O2/c1-10(2)18-7-6-11(17-18)8-15(19)13-9-12(20-3)4-5-14(13)16/h4-7,9-10H,8H2,1-3H3. The number of methoxy groups -OCH3 is 1. The van der Waals surface area contributed by atoms with Gasteiger partial charge < -0.3 is 4.74 Å². The number of nitrogens with zero attached hydrogens (tertiary/aromatic N) is 2. The second kappa shape index (κ2) is 6.22. The Morgan fingerprint density at radius 2 is 2.15 bits per heavy atom. The monoisotopic (exact) mass is 336 g/mol. The van der Waals surface area contributed by atoms with Crippen molar-refractivity contribution in [1.29, 1.82) is 0 Å². The first-order valence-electron chi connectivity index (χ1n) is 6.42. The molecule has 106 valence electrons. The minimum absolute atomic E-state index is 0.0183. The Bertz CT molecular complexity index is 620. The summed E-state index contributed by atoms with van der Waals surface area (Å²) in [6.07, 6.45) is 2.18. The number of halogens is 1. The van der Waals surface area contributed by atoms with Crippen LogP contribution in [0, 0.1) is 0 Å². The van der Waals surface area contributed by atoms with E-state index < -0.39 is 0 Å². The van der Waals surface area contributed by atoms with Gasteiger partial charge in [0.2, 0.25) is 0 Å². The maximum absolute atomic E-state index is 12.3. The Balaban J connectivity index is 2.19. The Morgan fingerprint density at radius 1 is 1.40 bits per heavy atom. The first-order chi connectivity index (χ1) is 9.51. The van der Waals surface area contributed by atoms with Gasteiger partial charge in [0.1, 0.15) is 5.75 Å². The zero-order valence-electron chi connectivity index (χ0n) is 11.8. The fourth-order valence-corrected chi connectivity index (χ4v) is 2.33. The van der Waals surface area contributed by atoms with Gasteiger partial charge in [-0.05, 0) is 38.1 Å². The molecule has 1 heterocycles. The molecule has 0 aliphatic carbocycles. The van der Waals surface area contributed by atoms with Crippen molar-refractivity contribution < 1.29 is 9.53 Å². The number of aromatic nitrogens is 2. The van der Waals surface area contributed by atoms with Gasteiger partial charge in [-0.3, -0.25) is 9.48 Å². The van der Waals surface area contributed by atoms with Gasteiger partial charge in [-0.25, -0.2) is 0 Å². The highest BCUT2D eigenvalue weighted by molar-refractivity contribution is 9.10. The van der Waals surface area contributed by atoms with Crippen LogP contribution in [-0.2, 0) is 6.42 Å². The normalized spacial score (nSPS) is 10.8. The average Bonchev–Trinajstić information content (AvgIpc) is 2.88. The Morgan fingerprint density at radius 3 is 2.75 bits per heavy atom. The van der Waals surface area contributed by atoms with E-state index in [1.165, 1.54) is 0 Å². The molecule has 0 radical (unpaired) electrons. The van der Waals surface area contributed by atoms with Gasteiger partial charge in [0.25, 0.3) is 0 Å². The number of benzene rings is 1. The third-order valence-corrected chi connectivity index (χ3v) is 3.70. The summed E-state index contributed by atoms with van der Waals surface area (Å²) in [6, 6.07) is 7.55. The van der Waals surface area contributed by atoms with Crippen LogP contribution < -0.4 is 4.74 Å². The van der Waals surface area contributed by atoms with E-state index in [0.717, 1.165) is 10.2 Å². The Hall–Kier alpha value is -1.62. The third-order valence-electron chi connectivity index (χ3n) is 3.01. The molecule has 4 nitrogen and oxygen atoms in total. The minimum atomic E-state index is 0.0183.